The maximum absolute atomic E-state index is 13.2. The van der Waals surface area contributed by atoms with Gasteiger partial charge in [0.2, 0.25) is 11.8 Å². The van der Waals surface area contributed by atoms with E-state index in [1.54, 1.807) is 4.90 Å². The lowest BCUT2D eigenvalue weighted by molar-refractivity contribution is -0.136. The quantitative estimate of drug-likeness (QED) is 0.755. The van der Waals surface area contributed by atoms with E-state index in [0.717, 1.165) is 42.9 Å². The largest absolute Gasteiger partial charge is 0.322 e. The van der Waals surface area contributed by atoms with Crippen molar-refractivity contribution in [1.29, 1.82) is 0 Å². The Kier molecular flexibility index (Phi) is 4.25. The molecule has 28 heavy (non-hydrogen) atoms. The van der Waals surface area contributed by atoms with Crippen LogP contribution < -0.4 is 10.6 Å². The van der Waals surface area contributed by atoms with Crippen molar-refractivity contribution < 1.29 is 14.4 Å². The molecular weight excluding hydrogens is 356 g/mol. The molecule has 5 rings (SSSR count). The molecule has 1 spiro atoms. The van der Waals surface area contributed by atoms with Crippen LogP contribution in [-0.4, -0.2) is 58.7 Å². The Morgan fingerprint density at radius 3 is 2.86 bits per heavy atom. The highest BCUT2D eigenvalue weighted by molar-refractivity contribution is 6.05. The predicted octanol–water partition coefficient (Wildman–Crippen LogP) is 0.776. The Labute approximate surface area is 164 Å². The summed E-state index contributed by atoms with van der Waals surface area (Å²) in [6.45, 7) is 4.39. The number of fused-ring (bicyclic) bond motifs is 1. The van der Waals surface area contributed by atoms with E-state index in [2.05, 4.69) is 15.5 Å². The van der Waals surface area contributed by atoms with Gasteiger partial charge in [0.15, 0.2) is 0 Å². The molecule has 2 atom stereocenters. The van der Waals surface area contributed by atoms with Crippen molar-refractivity contribution in [2.24, 2.45) is 0 Å². The average Bonchev–Trinajstić information content (AvgIpc) is 3.37. The molecule has 4 aliphatic heterocycles. The van der Waals surface area contributed by atoms with Crippen LogP contribution in [0.15, 0.2) is 18.2 Å². The van der Waals surface area contributed by atoms with Crippen LogP contribution in [0, 0.1) is 0 Å². The first-order valence-electron chi connectivity index (χ1n) is 10.3. The third kappa shape index (κ3) is 2.93. The molecule has 4 aliphatic rings. The van der Waals surface area contributed by atoms with Crippen LogP contribution in [0.4, 0.5) is 0 Å². The Morgan fingerprint density at radius 1 is 1.18 bits per heavy atom. The summed E-state index contributed by atoms with van der Waals surface area (Å²) in [6, 6.07) is 5.47. The highest BCUT2D eigenvalue weighted by Gasteiger charge is 2.42. The van der Waals surface area contributed by atoms with Gasteiger partial charge in [0, 0.05) is 43.7 Å². The molecule has 7 heteroatoms. The number of piperidine rings is 1. The van der Waals surface area contributed by atoms with E-state index in [0.29, 0.717) is 13.0 Å². The van der Waals surface area contributed by atoms with Crippen molar-refractivity contribution in [2.75, 3.05) is 19.6 Å². The van der Waals surface area contributed by atoms with Crippen LogP contribution in [0.3, 0.4) is 0 Å². The Hall–Kier alpha value is -2.25. The summed E-state index contributed by atoms with van der Waals surface area (Å²) in [5, 5.41) is 6.05. The summed E-state index contributed by atoms with van der Waals surface area (Å²) in [6.07, 6.45) is 4.33. The van der Waals surface area contributed by atoms with Crippen LogP contribution in [0.25, 0.3) is 0 Å². The third-order valence-electron chi connectivity index (χ3n) is 6.80. The monoisotopic (exact) mass is 382 g/mol. The van der Waals surface area contributed by atoms with Gasteiger partial charge in [-0.2, -0.15) is 0 Å². The van der Waals surface area contributed by atoms with Gasteiger partial charge in [-0.15, -0.1) is 0 Å². The molecule has 3 fully saturated rings. The Bertz CT molecular complexity index is 846. The zero-order chi connectivity index (χ0) is 19.3. The topological polar surface area (TPSA) is 81.8 Å². The zero-order valence-corrected chi connectivity index (χ0v) is 16.0. The van der Waals surface area contributed by atoms with Crippen LogP contribution in [0.1, 0.15) is 53.6 Å². The number of amides is 3. The van der Waals surface area contributed by atoms with Crippen LogP contribution >= 0.6 is 0 Å². The first-order chi connectivity index (χ1) is 13.5. The molecule has 0 aromatic heterocycles. The number of carbonyl (C=O) groups is 3. The highest BCUT2D eigenvalue weighted by atomic mass is 16.2. The molecule has 0 radical (unpaired) electrons. The molecule has 3 saturated heterocycles. The third-order valence-corrected chi connectivity index (χ3v) is 6.80. The van der Waals surface area contributed by atoms with Crippen molar-refractivity contribution >= 4 is 17.7 Å². The van der Waals surface area contributed by atoms with E-state index >= 15 is 0 Å². The van der Waals surface area contributed by atoms with Crippen LogP contribution in [-0.2, 0) is 22.7 Å². The molecular formula is C21H26N4O3. The summed E-state index contributed by atoms with van der Waals surface area (Å²) in [4.78, 5) is 41.0. The van der Waals surface area contributed by atoms with Gasteiger partial charge < -0.3 is 10.2 Å². The fourth-order valence-electron chi connectivity index (χ4n) is 5.37. The van der Waals surface area contributed by atoms with Crippen molar-refractivity contribution in [3.63, 3.8) is 0 Å². The van der Waals surface area contributed by atoms with Gasteiger partial charge >= 0.3 is 0 Å². The van der Waals surface area contributed by atoms with Crippen LogP contribution in [0.5, 0.6) is 0 Å². The van der Waals surface area contributed by atoms with Gasteiger partial charge in [-0.1, -0.05) is 18.2 Å². The number of nitrogens with zero attached hydrogens (tertiary/aromatic N) is 2. The van der Waals surface area contributed by atoms with E-state index < -0.39 is 6.04 Å². The van der Waals surface area contributed by atoms with Gasteiger partial charge in [0.1, 0.15) is 6.04 Å². The maximum Gasteiger partial charge on any atom is 0.255 e. The molecule has 1 aromatic rings. The minimum Gasteiger partial charge on any atom is -0.322 e. The lowest BCUT2D eigenvalue weighted by Gasteiger charge is -2.29. The summed E-state index contributed by atoms with van der Waals surface area (Å²) >= 11 is 0. The molecule has 7 nitrogen and oxygen atoms in total. The van der Waals surface area contributed by atoms with E-state index in [4.69, 9.17) is 0 Å². The van der Waals surface area contributed by atoms with Gasteiger partial charge in [0.05, 0.1) is 0 Å². The SMILES string of the molecule is O=C1CCC(N2Cc3cccc(CN4CCC5(CCCN5)C4)c3C2=O)C(=O)N1. The van der Waals surface area contributed by atoms with E-state index in [9.17, 15) is 14.4 Å². The number of likely N-dealkylation sites (tertiary alicyclic amines) is 1. The fraction of sp³-hybridized carbons (Fsp3) is 0.571. The number of rotatable bonds is 3. The average molecular weight is 382 g/mol. The minimum atomic E-state index is -0.553. The van der Waals surface area contributed by atoms with E-state index in [1.165, 1.54) is 19.3 Å². The summed E-state index contributed by atoms with van der Waals surface area (Å²) in [5.41, 5.74) is 3.06. The second-order valence-electron chi connectivity index (χ2n) is 8.62. The fourth-order valence-corrected chi connectivity index (χ4v) is 5.37. The molecule has 148 valence electrons. The molecule has 2 unspecified atom stereocenters. The highest BCUT2D eigenvalue weighted by Crippen LogP contribution is 2.34. The lowest BCUT2D eigenvalue weighted by Crippen LogP contribution is -2.52. The second-order valence-corrected chi connectivity index (χ2v) is 8.62. The smallest absolute Gasteiger partial charge is 0.255 e. The molecule has 2 N–H and O–H groups in total. The second kappa shape index (κ2) is 6.67. The van der Waals surface area contributed by atoms with Gasteiger partial charge in [-0.05, 0) is 43.4 Å². The molecule has 0 aliphatic carbocycles. The van der Waals surface area contributed by atoms with Gasteiger partial charge in [-0.25, -0.2) is 0 Å². The maximum atomic E-state index is 13.2. The first kappa shape index (κ1) is 17.8. The minimum absolute atomic E-state index is 0.0759. The number of imide groups is 1. The molecule has 1 aromatic carbocycles. The summed E-state index contributed by atoms with van der Waals surface area (Å²) < 4.78 is 0. The molecule has 0 saturated carbocycles. The van der Waals surface area contributed by atoms with Gasteiger partial charge in [0.25, 0.3) is 5.91 Å². The lowest BCUT2D eigenvalue weighted by atomic mass is 9.97. The predicted molar refractivity (Wildman–Crippen MR) is 102 cm³/mol. The van der Waals surface area contributed by atoms with Crippen molar-refractivity contribution in [2.45, 2.75) is 56.8 Å². The van der Waals surface area contributed by atoms with Crippen molar-refractivity contribution in [1.82, 2.24) is 20.4 Å². The number of hydrogen-bond acceptors (Lipinski definition) is 5. The van der Waals surface area contributed by atoms with Gasteiger partial charge in [-0.3, -0.25) is 24.6 Å². The Morgan fingerprint density at radius 2 is 2.07 bits per heavy atom. The number of hydrogen-bond donors (Lipinski definition) is 2. The molecule has 3 amide bonds. The van der Waals surface area contributed by atoms with E-state index in [-0.39, 0.29) is 29.7 Å². The molecule has 4 heterocycles. The van der Waals surface area contributed by atoms with E-state index in [1.807, 2.05) is 18.2 Å². The number of carbonyl (C=O) groups excluding carboxylic acids is 3. The number of nitrogens with one attached hydrogen (secondary N) is 2. The standard InChI is InChI=1S/C21H26N4O3/c26-17-6-5-16(19(27)23-17)25-12-15-4-1-3-14(18(15)20(25)28)11-24-10-8-21(13-24)7-2-9-22-21/h1,3-4,16,22H,2,5-13H2,(H,23,26,27). The molecule has 0 bridgehead atoms. The van der Waals surface area contributed by atoms with Crippen molar-refractivity contribution in [3.8, 4) is 0 Å². The summed E-state index contributed by atoms with van der Waals surface area (Å²) in [5.74, 6) is -0.685. The normalized spacial score (nSPS) is 30.4. The first-order valence-corrected chi connectivity index (χ1v) is 10.3. The van der Waals surface area contributed by atoms with Crippen LogP contribution in [0.2, 0.25) is 0 Å². The summed E-state index contributed by atoms with van der Waals surface area (Å²) in [7, 11) is 0. The van der Waals surface area contributed by atoms with Crippen molar-refractivity contribution in [3.05, 3.63) is 34.9 Å². The Balaban J connectivity index is 1.34. The number of benzene rings is 1. The zero-order valence-electron chi connectivity index (χ0n) is 16.0.